The van der Waals surface area contributed by atoms with E-state index in [1.807, 2.05) is 61.6 Å². The lowest BCUT2D eigenvalue weighted by molar-refractivity contribution is -0.648. The van der Waals surface area contributed by atoms with Gasteiger partial charge in [0.15, 0.2) is 22.2 Å². The zero-order valence-corrected chi connectivity index (χ0v) is 12.9. The van der Waals surface area contributed by atoms with Crippen LogP contribution in [-0.4, -0.2) is 4.57 Å². The van der Waals surface area contributed by atoms with Gasteiger partial charge in [-0.15, -0.1) is 0 Å². The molecule has 4 rings (SSSR count). The molecular weight excluding hydrogens is 284 g/mol. The van der Waals surface area contributed by atoms with Crippen molar-refractivity contribution in [2.24, 2.45) is 7.05 Å². The van der Waals surface area contributed by atoms with Crippen LogP contribution in [0.4, 0.5) is 0 Å². The summed E-state index contributed by atoms with van der Waals surface area (Å²) in [6.45, 7) is 0. The highest BCUT2D eigenvalue weighted by Gasteiger charge is 2.10. The molecule has 0 aliphatic heterocycles. The van der Waals surface area contributed by atoms with Crippen molar-refractivity contribution in [1.82, 2.24) is 4.57 Å². The van der Waals surface area contributed by atoms with Gasteiger partial charge in [0, 0.05) is 0 Å². The van der Waals surface area contributed by atoms with Gasteiger partial charge >= 0.3 is 0 Å². The number of para-hydroxylation sites is 5. The number of fused-ring (bicyclic) bond motifs is 2. The van der Waals surface area contributed by atoms with E-state index < -0.39 is 0 Å². The van der Waals surface area contributed by atoms with Crippen molar-refractivity contribution in [2.45, 2.75) is 0 Å². The van der Waals surface area contributed by atoms with E-state index in [4.69, 9.17) is 4.42 Å². The van der Waals surface area contributed by atoms with Crippen molar-refractivity contribution in [3.8, 4) is 5.69 Å². The van der Waals surface area contributed by atoms with Gasteiger partial charge < -0.3 is 4.42 Å². The molecule has 112 valence electrons. The largest absolute Gasteiger partial charge is 0.448 e. The number of nitrogens with zero attached hydrogens (tertiary/aromatic N) is 2. The number of hydrogen-bond donors (Lipinski definition) is 0. The Morgan fingerprint density at radius 3 is 2.22 bits per heavy atom. The van der Waals surface area contributed by atoms with Gasteiger partial charge in [-0.3, -0.25) is 0 Å². The van der Waals surface area contributed by atoms with Crippen molar-refractivity contribution in [2.75, 3.05) is 0 Å². The van der Waals surface area contributed by atoms with Crippen molar-refractivity contribution in [3.05, 3.63) is 85.2 Å². The number of hydrogen-bond acceptors (Lipinski definition) is 1. The Hall–Kier alpha value is -3.07. The molecular formula is C20H17N2O+. The van der Waals surface area contributed by atoms with E-state index >= 15 is 0 Å². The first-order valence-electron chi connectivity index (χ1n) is 7.61. The second-order valence-electron chi connectivity index (χ2n) is 5.47. The van der Waals surface area contributed by atoms with Gasteiger partial charge in [0.05, 0.1) is 7.05 Å². The van der Waals surface area contributed by atoms with Gasteiger partial charge in [0.25, 0.3) is 0 Å². The standard InChI is InChI=1S/C20H17N2O/c1-21-15-22(16-9-3-2-4-10-16)18-12-6-8-14-20(18)23-19-13-7-5-11-17(19)21/h2-15H,1H3/q+1. The summed E-state index contributed by atoms with van der Waals surface area (Å²) in [6.07, 6.45) is 2.09. The summed E-state index contributed by atoms with van der Waals surface area (Å²) >= 11 is 0. The summed E-state index contributed by atoms with van der Waals surface area (Å²) in [5.41, 5.74) is 4.83. The normalized spacial score (nSPS) is 10.8. The Balaban J connectivity index is 2.22. The van der Waals surface area contributed by atoms with Crippen LogP contribution < -0.4 is 4.57 Å². The Morgan fingerprint density at radius 1 is 0.739 bits per heavy atom. The molecule has 3 nitrogen and oxygen atoms in total. The van der Waals surface area contributed by atoms with Gasteiger partial charge in [-0.2, -0.15) is 4.57 Å². The Kier molecular flexibility index (Phi) is 3.31. The monoisotopic (exact) mass is 301 g/mol. The van der Waals surface area contributed by atoms with Crippen LogP contribution >= 0.6 is 0 Å². The number of aryl methyl sites for hydroxylation is 1. The average Bonchev–Trinajstić information content (AvgIpc) is 2.60. The third-order valence-electron chi connectivity index (χ3n) is 3.91. The van der Waals surface area contributed by atoms with E-state index in [0.29, 0.717) is 0 Å². The first-order valence-corrected chi connectivity index (χ1v) is 7.61. The summed E-state index contributed by atoms with van der Waals surface area (Å²) in [7, 11) is 2.03. The van der Waals surface area contributed by atoms with Gasteiger partial charge in [0.2, 0.25) is 6.33 Å². The lowest BCUT2D eigenvalue weighted by Gasteiger charge is -2.05. The van der Waals surface area contributed by atoms with Crippen molar-refractivity contribution >= 4 is 22.2 Å². The summed E-state index contributed by atoms with van der Waals surface area (Å²) < 4.78 is 10.4. The van der Waals surface area contributed by atoms with Crippen LogP contribution in [0.3, 0.4) is 0 Å². The average molecular weight is 301 g/mol. The van der Waals surface area contributed by atoms with Crippen LogP contribution in [-0.2, 0) is 7.05 Å². The molecule has 1 aromatic heterocycles. The highest BCUT2D eigenvalue weighted by molar-refractivity contribution is 5.77. The fourth-order valence-corrected chi connectivity index (χ4v) is 2.79. The van der Waals surface area contributed by atoms with E-state index in [9.17, 15) is 0 Å². The summed E-state index contributed by atoms with van der Waals surface area (Å²) in [5.74, 6) is 0. The molecule has 0 N–H and O–H groups in total. The summed E-state index contributed by atoms with van der Waals surface area (Å²) in [6, 6.07) is 26.4. The SMILES string of the molecule is C[n+]1cn(-c2ccccc2)c2ccccc2oc2ccccc21. The van der Waals surface area contributed by atoms with E-state index in [1.165, 1.54) is 0 Å². The minimum Gasteiger partial charge on any atom is -0.448 e. The van der Waals surface area contributed by atoms with E-state index in [2.05, 4.69) is 39.7 Å². The molecule has 0 aliphatic carbocycles. The Morgan fingerprint density at radius 2 is 1.39 bits per heavy atom. The number of rotatable bonds is 1. The number of benzene rings is 3. The van der Waals surface area contributed by atoms with E-state index in [0.717, 1.165) is 27.9 Å². The van der Waals surface area contributed by atoms with Crippen LogP contribution in [0.2, 0.25) is 0 Å². The maximum absolute atomic E-state index is 6.20. The van der Waals surface area contributed by atoms with Gasteiger partial charge in [0.1, 0.15) is 5.69 Å². The topological polar surface area (TPSA) is 21.9 Å². The third-order valence-corrected chi connectivity index (χ3v) is 3.91. The van der Waals surface area contributed by atoms with Crippen LogP contribution in [0.5, 0.6) is 0 Å². The first-order chi connectivity index (χ1) is 11.3. The molecule has 4 aromatic rings. The second-order valence-corrected chi connectivity index (χ2v) is 5.47. The fraction of sp³-hybridized carbons (Fsp3) is 0.0500. The second kappa shape index (κ2) is 5.61. The molecule has 1 heterocycles. The minimum absolute atomic E-state index is 0.841. The Bertz CT molecular complexity index is 1030. The molecule has 0 amide bonds. The third kappa shape index (κ3) is 2.46. The van der Waals surface area contributed by atoms with Crippen molar-refractivity contribution < 1.29 is 8.98 Å². The summed E-state index contributed by atoms with van der Waals surface area (Å²) in [4.78, 5) is 0. The smallest absolute Gasteiger partial charge is 0.249 e. The maximum Gasteiger partial charge on any atom is 0.249 e. The van der Waals surface area contributed by atoms with Crippen LogP contribution in [0.1, 0.15) is 0 Å². The minimum atomic E-state index is 0.841. The molecule has 0 unspecified atom stereocenters. The van der Waals surface area contributed by atoms with Gasteiger partial charge in [-0.25, -0.2) is 4.57 Å². The van der Waals surface area contributed by atoms with Crippen LogP contribution in [0.25, 0.3) is 27.9 Å². The summed E-state index contributed by atoms with van der Waals surface area (Å²) in [5, 5.41) is 0. The van der Waals surface area contributed by atoms with Crippen molar-refractivity contribution in [3.63, 3.8) is 0 Å². The molecule has 0 fully saturated rings. The highest BCUT2D eigenvalue weighted by atomic mass is 16.3. The molecule has 0 bridgehead atoms. The van der Waals surface area contributed by atoms with Crippen LogP contribution in [0.15, 0.2) is 89.6 Å². The van der Waals surface area contributed by atoms with Crippen molar-refractivity contribution in [1.29, 1.82) is 0 Å². The maximum atomic E-state index is 6.20. The number of aromatic nitrogens is 2. The molecule has 0 atom stereocenters. The van der Waals surface area contributed by atoms with Crippen LogP contribution in [0, 0.1) is 0 Å². The van der Waals surface area contributed by atoms with E-state index in [-0.39, 0.29) is 0 Å². The molecule has 23 heavy (non-hydrogen) atoms. The lowest BCUT2D eigenvalue weighted by atomic mass is 10.2. The molecule has 3 heteroatoms. The first kappa shape index (κ1) is 13.6. The molecule has 0 radical (unpaired) electrons. The molecule has 0 saturated carbocycles. The molecule has 0 saturated heterocycles. The zero-order valence-electron chi connectivity index (χ0n) is 12.9. The zero-order chi connectivity index (χ0) is 15.6. The highest BCUT2D eigenvalue weighted by Crippen LogP contribution is 2.19. The molecule has 3 aromatic carbocycles. The predicted octanol–water partition coefficient (Wildman–Crippen LogP) is 4.33. The molecule has 0 spiro atoms. The van der Waals surface area contributed by atoms with E-state index in [1.54, 1.807) is 0 Å². The molecule has 0 aliphatic rings. The Labute approximate surface area is 134 Å². The van der Waals surface area contributed by atoms with Gasteiger partial charge in [-0.1, -0.05) is 42.5 Å². The van der Waals surface area contributed by atoms with Gasteiger partial charge in [-0.05, 0) is 36.4 Å². The fourth-order valence-electron chi connectivity index (χ4n) is 2.79. The predicted molar refractivity (Wildman–Crippen MR) is 91.9 cm³/mol. The quantitative estimate of drug-likeness (QED) is 0.480. The lowest BCUT2D eigenvalue weighted by Crippen LogP contribution is -2.29.